The first-order valence-corrected chi connectivity index (χ1v) is 18.3. The van der Waals surface area contributed by atoms with Crippen LogP contribution in [0.5, 0.6) is 5.75 Å². The number of pyridine rings is 1. The fraction of sp³-hybridized carbons (Fsp3) is 0.410. The van der Waals surface area contributed by atoms with Gasteiger partial charge in [0.05, 0.1) is 36.3 Å². The molecule has 0 saturated carbocycles. The molecule has 2 aliphatic heterocycles. The van der Waals surface area contributed by atoms with Crippen molar-refractivity contribution < 1.29 is 41.4 Å². The number of aromatic nitrogens is 3. The van der Waals surface area contributed by atoms with Crippen LogP contribution in [0.3, 0.4) is 0 Å². The van der Waals surface area contributed by atoms with E-state index in [1.807, 2.05) is 27.7 Å². The maximum absolute atomic E-state index is 15.5. The zero-order valence-electron chi connectivity index (χ0n) is 31.5. The van der Waals surface area contributed by atoms with Crippen LogP contribution in [0, 0.1) is 17.7 Å². The number of alkyl carbamates (subject to hydrolysis) is 1. The van der Waals surface area contributed by atoms with Gasteiger partial charge in [0.25, 0.3) is 5.91 Å². The third-order valence-electron chi connectivity index (χ3n) is 9.95. The molecule has 0 spiro atoms. The highest BCUT2D eigenvalue weighted by molar-refractivity contribution is 6.04. The molecule has 0 aliphatic carbocycles. The first-order chi connectivity index (χ1) is 26.6. The van der Waals surface area contributed by atoms with E-state index >= 15 is 4.39 Å². The molecule has 2 aromatic carbocycles. The summed E-state index contributed by atoms with van der Waals surface area (Å²) in [5, 5.41) is 8.26. The van der Waals surface area contributed by atoms with E-state index in [-0.39, 0.29) is 40.5 Å². The number of nitrogens with one attached hydrogen (secondary N) is 4. The molecule has 3 amide bonds. The fourth-order valence-electron chi connectivity index (χ4n) is 7.06. The van der Waals surface area contributed by atoms with Crippen LogP contribution in [0.4, 0.5) is 33.9 Å². The number of anilines is 2. The number of rotatable bonds is 10. The van der Waals surface area contributed by atoms with E-state index in [2.05, 4.69) is 40.5 Å². The predicted molar refractivity (Wildman–Crippen MR) is 200 cm³/mol. The summed E-state index contributed by atoms with van der Waals surface area (Å²) in [6.45, 7) is 10.5. The second-order valence-electron chi connectivity index (χ2n) is 14.4. The number of piperazine rings is 1. The lowest BCUT2D eigenvalue weighted by Gasteiger charge is -2.34. The Morgan fingerprint density at radius 2 is 1.73 bits per heavy atom. The Hall–Kier alpha value is -5.71. The largest absolute Gasteiger partial charge is 0.573 e. The van der Waals surface area contributed by atoms with Crippen LogP contribution in [-0.4, -0.2) is 89.5 Å². The minimum absolute atomic E-state index is 0.0907. The zero-order chi connectivity index (χ0) is 40.3. The minimum atomic E-state index is -5.11. The molecule has 298 valence electrons. The molecular formula is C39H44F4N8O5. The highest BCUT2D eigenvalue weighted by Crippen LogP contribution is 2.39. The van der Waals surface area contributed by atoms with E-state index in [0.717, 1.165) is 31.8 Å². The standard InChI is InChI=1S/C39H44F4N8O5/c1-21(2)34(49-38(54)55-5)37(53)51-20-22(3)14-31(51)35-46-19-30(47-35)25-8-6-24(7-9-25)27-15-28(40)29(16-32(27)56-39(41,42)43)48-36(52)26-10-11-33(45-18-26)50-13-12-44-17-23(50)4/h6-11,15-16,18-19,21-23,31,34,44H,12-14,17,20H2,1-5H3,(H,46,47)(H,48,52)(H,49,54)/t22-,23+,31-,34-/m0/s1. The Morgan fingerprint density at radius 1 is 1.00 bits per heavy atom. The number of nitrogens with zero attached hydrogens (tertiary/aromatic N) is 4. The summed E-state index contributed by atoms with van der Waals surface area (Å²) in [5.74, 6) is -1.56. The molecule has 4 heterocycles. The minimum Gasteiger partial charge on any atom is -0.453 e. The van der Waals surface area contributed by atoms with E-state index in [9.17, 15) is 27.6 Å². The second kappa shape index (κ2) is 16.6. The van der Waals surface area contributed by atoms with Crippen LogP contribution >= 0.6 is 0 Å². The number of H-pyrrole nitrogens is 1. The normalized spacial score (nSPS) is 19.1. The Morgan fingerprint density at radius 3 is 2.38 bits per heavy atom. The second-order valence-corrected chi connectivity index (χ2v) is 14.4. The van der Waals surface area contributed by atoms with Crippen LogP contribution in [-0.2, 0) is 9.53 Å². The molecule has 56 heavy (non-hydrogen) atoms. The van der Waals surface area contributed by atoms with Gasteiger partial charge in [0.2, 0.25) is 5.91 Å². The summed E-state index contributed by atoms with van der Waals surface area (Å²) in [7, 11) is 1.23. The average Bonchev–Trinajstić information content (AvgIpc) is 3.81. The summed E-state index contributed by atoms with van der Waals surface area (Å²) in [6, 6.07) is 10.1. The van der Waals surface area contributed by atoms with Gasteiger partial charge in [-0.1, -0.05) is 45.0 Å². The third kappa shape index (κ3) is 9.04. The summed E-state index contributed by atoms with van der Waals surface area (Å²) in [4.78, 5) is 54.6. The van der Waals surface area contributed by atoms with Crippen LogP contribution in [0.25, 0.3) is 22.4 Å². The van der Waals surface area contributed by atoms with Crippen molar-refractivity contribution in [1.29, 1.82) is 0 Å². The predicted octanol–water partition coefficient (Wildman–Crippen LogP) is 6.52. The van der Waals surface area contributed by atoms with E-state index in [0.29, 0.717) is 35.9 Å². The molecule has 2 fully saturated rings. The van der Waals surface area contributed by atoms with Gasteiger partial charge in [-0.2, -0.15) is 0 Å². The molecule has 17 heteroatoms. The van der Waals surface area contributed by atoms with Crippen molar-refractivity contribution in [1.82, 2.24) is 30.5 Å². The number of aromatic amines is 1. The van der Waals surface area contributed by atoms with Gasteiger partial charge >= 0.3 is 12.5 Å². The Labute approximate surface area is 321 Å². The summed E-state index contributed by atoms with van der Waals surface area (Å²) >= 11 is 0. The fourth-order valence-corrected chi connectivity index (χ4v) is 7.06. The van der Waals surface area contributed by atoms with Crippen molar-refractivity contribution in [3.8, 4) is 28.1 Å². The van der Waals surface area contributed by atoms with Crippen molar-refractivity contribution in [3.63, 3.8) is 0 Å². The topological polar surface area (TPSA) is 154 Å². The number of imidazole rings is 1. The monoisotopic (exact) mass is 780 g/mol. The molecule has 2 saturated heterocycles. The molecule has 13 nitrogen and oxygen atoms in total. The van der Waals surface area contributed by atoms with Crippen LogP contribution in [0.15, 0.2) is 60.9 Å². The molecule has 6 rings (SSSR count). The summed E-state index contributed by atoms with van der Waals surface area (Å²) in [5.41, 5.74) is 0.804. The number of alkyl halides is 3. The van der Waals surface area contributed by atoms with Crippen LogP contribution in [0.2, 0.25) is 0 Å². The quantitative estimate of drug-likeness (QED) is 0.132. The van der Waals surface area contributed by atoms with Gasteiger partial charge in [0.15, 0.2) is 0 Å². The van der Waals surface area contributed by atoms with Crippen molar-refractivity contribution in [2.75, 3.05) is 43.5 Å². The average molecular weight is 781 g/mol. The molecule has 0 radical (unpaired) electrons. The molecular weight excluding hydrogens is 736 g/mol. The van der Waals surface area contributed by atoms with Crippen molar-refractivity contribution >= 4 is 29.4 Å². The van der Waals surface area contributed by atoms with Gasteiger partial charge < -0.3 is 40.2 Å². The number of ether oxygens (including phenoxy) is 2. The first kappa shape index (κ1) is 40.0. The van der Waals surface area contributed by atoms with E-state index in [1.165, 1.54) is 31.5 Å². The van der Waals surface area contributed by atoms with Crippen molar-refractivity contribution in [3.05, 3.63) is 78.1 Å². The number of hydrogen-bond donors (Lipinski definition) is 4. The highest BCUT2D eigenvalue weighted by atomic mass is 19.4. The van der Waals surface area contributed by atoms with E-state index in [4.69, 9.17) is 4.74 Å². The van der Waals surface area contributed by atoms with E-state index < -0.39 is 47.7 Å². The summed E-state index contributed by atoms with van der Waals surface area (Å²) in [6.07, 6.45) is -2.27. The van der Waals surface area contributed by atoms with Gasteiger partial charge in [0, 0.05) is 50.0 Å². The van der Waals surface area contributed by atoms with Crippen molar-refractivity contribution in [2.24, 2.45) is 11.8 Å². The smallest absolute Gasteiger partial charge is 0.453 e. The molecule has 0 bridgehead atoms. The lowest BCUT2D eigenvalue weighted by Crippen LogP contribution is -2.51. The van der Waals surface area contributed by atoms with Gasteiger partial charge in [-0.05, 0) is 54.5 Å². The Kier molecular flexibility index (Phi) is 11.8. The van der Waals surface area contributed by atoms with E-state index in [1.54, 1.807) is 29.3 Å². The lowest BCUT2D eigenvalue weighted by molar-refractivity contribution is -0.274. The van der Waals surface area contributed by atoms with Gasteiger partial charge in [-0.3, -0.25) is 9.59 Å². The van der Waals surface area contributed by atoms with Crippen molar-refractivity contribution in [2.45, 2.75) is 58.6 Å². The molecule has 4 N–H and O–H groups in total. The maximum Gasteiger partial charge on any atom is 0.573 e. The number of likely N-dealkylation sites (tertiary alicyclic amines) is 1. The van der Waals surface area contributed by atoms with Gasteiger partial charge in [0.1, 0.15) is 29.3 Å². The maximum atomic E-state index is 15.5. The SMILES string of the molecule is COC(=O)N[C@H](C(=O)N1C[C@@H](C)C[C@H]1c1ncc(-c2ccc(-c3cc(F)c(NC(=O)c4ccc(N5CCNC[C@H]5C)nc4)cc3OC(F)(F)F)cc2)[nH]1)C(C)C. The lowest BCUT2D eigenvalue weighted by atomic mass is 10.0. The number of amides is 3. The molecule has 2 aromatic heterocycles. The van der Waals surface area contributed by atoms with Crippen LogP contribution in [0.1, 0.15) is 56.3 Å². The number of hydrogen-bond acceptors (Lipinski definition) is 9. The molecule has 4 aromatic rings. The number of methoxy groups -OCH3 is 1. The zero-order valence-corrected chi connectivity index (χ0v) is 31.5. The third-order valence-corrected chi connectivity index (χ3v) is 9.95. The number of carbonyl (C=O) groups is 3. The summed E-state index contributed by atoms with van der Waals surface area (Å²) < 4.78 is 65.4. The number of benzene rings is 2. The Balaban J connectivity index is 1.20. The molecule has 2 aliphatic rings. The molecule has 4 atom stereocenters. The first-order valence-electron chi connectivity index (χ1n) is 18.3. The van der Waals surface area contributed by atoms with Crippen LogP contribution < -0.4 is 25.6 Å². The van der Waals surface area contributed by atoms with Gasteiger partial charge in [-0.25, -0.2) is 19.2 Å². The van der Waals surface area contributed by atoms with Gasteiger partial charge in [-0.15, -0.1) is 13.2 Å². The molecule has 0 unspecified atom stereocenters. The number of carbonyl (C=O) groups excluding carboxylic acids is 3. The highest BCUT2D eigenvalue weighted by Gasteiger charge is 2.40. The number of halogens is 4. The Bertz CT molecular complexity index is 2040.